The fourth-order valence-corrected chi connectivity index (χ4v) is 2.69. The van der Waals surface area contributed by atoms with E-state index in [0.29, 0.717) is 13.2 Å². The number of amides is 1. The molecule has 0 heterocycles. The van der Waals surface area contributed by atoms with E-state index >= 15 is 0 Å². The second kappa shape index (κ2) is 8.90. The van der Waals surface area contributed by atoms with E-state index in [9.17, 15) is 4.79 Å². The van der Waals surface area contributed by atoms with Crippen LogP contribution >= 0.6 is 12.4 Å². The summed E-state index contributed by atoms with van der Waals surface area (Å²) in [4.78, 5) is 14.1. The molecule has 0 aliphatic heterocycles. The number of carbonyl (C=O) groups excluding carboxylic acids is 1. The summed E-state index contributed by atoms with van der Waals surface area (Å²) in [6.07, 6.45) is 3.90. The van der Waals surface area contributed by atoms with Gasteiger partial charge in [0, 0.05) is 19.0 Å². The highest BCUT2D eigenvalue weighted by Gasteiger charge is 2.27. The molecule has 1 aliphatic carbocycles. The van der Waals surface area contributed by atoms with Gasteiger partial charge in [-0.05, 0) is 31.4 Å². The van der Waals surface area contributed by atoms with Crippen LogP contribution in [-0.4, -0.2) is 37.0 Å². The van der Waals surface area contributed by atoms with Crippen molar-refractivity contribution in [3.63, 3.8) is 0 Å². The van der Waals surface area contributed by atoms with E-state index in [1.807, 2.05) is 37.4 Å². The van der Waals surface area contributed by atoms with Gasteiger partial charge in [0.1, 0.15) is 12.4 Å². The molecule has 0 saturated heterocycles. The lowest BCUT2D eigenvalue weighted by atomic mass is 9.85. The van der Waals surface area contributed by atoms with Crippen molar-refractivity contribution in [2.45, 2.75) is 31.7 Å². The topological polar surface area (TPSA) is 55.6 Å². The van der Waals surface area contributed by atoms with Gasteiger partial charge in [0.05, 0.1) is 6.54 Å². The molecule has 1 fully saturated rings. The monoisotopic (exact) mass is 312 g/mol. The number of nitrogens with zero attached hydrogens (tertiary/aromatic N) is 1. The molecule has 0 aromatic heterocycles. The van der Waals surface area contributed by atoms with Gasteiger partial charge in [0.2, 0.25) is 5.91 Å². The van der Waals surface area contributed by atoms with Gasteiger partial charge in [-0.15, -0.1) is 12.4 Å². The van der Waals surface area contributed by atoms with E-state index in [4.69, 9.17) is 10.5 Å². The number of para-hydroxylation sites is 1. The van der Waals surface area contributed by atoms with Crippen molar-refractivity contribution in [3.05, 3.63) is 30.3 Å². The number of carbonyl (C=O) groups is 1. The van der Waals surface area contributed by atoms with Crippen LogP contribution in [-0.2, 0) is 4.79 Å². The van der Waals surface area contributed by atoms with Crippen LogP contribution in [0.2, 0.25) is 0 Å². The quantitative estimate of drug-likeness (QED) is 0.908. The highest BCUT2D eigenvalue weighted by atomic mass is 35.5. The maximum absolute atomic E-state index is 12.3. The molecule has 5 heteroatoms. The van der Waals surface area contributed by atoms with E-state index in [1.165, 1.54) is 0 Å². The van der Waals surface area contributed by atoms with Crippen molar-refractivity contribution < 1.29 is 9.53 Å². The fourth-order valence-electron chi connectivity index (χ4n) is 2.69. The van der Waals surface area contributed by atoms with Gasteiger partial charge in [-0.25, -0.2) is 0 Å². The zero-order valence-corrected chi connectivity index (χ0v) is 13.3. The molecule has 1 aromatic rings. The van der Waals surface area contributed by atoms with Gasteiger partial charge in [-0.1, -0.05) is 24.6 Å². The second-order valence-electron chi connectivity index (χ2n) is 5.54. The summed E-state index contributed by atoms with van der Waals surface area (Å²) in [5.74, 6) is 1.14. The normalized spacial score (nSPS) is 21.2. The van der Waals surface area contributed by atoms with Crippen molar-refractivity contribution >= 4 is 18.3 Å². The third-order valence-corrected chi connectivity index (χ3v) is 3.88. The van der Waals surface area contributed by atoms with Gasteiger partial charge in [0.15, 0.2) is 0 Å². The predicted octanol–water partition coefficient (Wildman–Crippen LogP) is 2.46. The number of ether oxygens (including phenoxy) is 1. The maximum atomic E-state index is 12.3. The standard InChI is InChI=1S/C16H24N2O2.ClH/c1-18(10-11-20-15-8-3-2-4-9-15)16(19)13-6-5-7-14(17)12-13;/h2-4,8-9,13-14H,5-7,10-12,17H2,1H3;1H. The molecule has 2 N–H and O–H groups in total. The van der Waals surface area contributed by atoms with Crippen molar-refractivity contribution in [2.75, 3.05) is 20.2 Å². The van der Waals surface area contributed by atoms with Crippen LogP contribution in [0.4, 0.5) is 0 Å². The van der Waals surface area contributed by atoms with E-state index in [1.54, 1.807) is 4.90 Å². The van der Waals surface area contributed by atoms with Gasteiger partial charge < -0.3 is 15.4 Å². The number of halogens is 1. The van der Waals surface area contributed by atoms with Crippen LogP contribution in [0.25, 0.3) is 0 Å². The molecule has 4 nitrogen and oxygen atoms in total. The highest BCUT2D eigenvalue weighted by Crippen LogP contribution is 2.24. The van der Waals surface area contributed by atoms with Crippen LogP contribution in [0.3, 0.4) is 0 Å². The van der Waals surface area contributed by atoms with E-state index < -0.39 is 0 Å². The van der Waals surface area contributed by atoms with Crippen LogP contribution in [0, 0.1) is 5.92 Å². The van der Waals surface area contributed by atoms with Gasteiger partial charge in [-0.2, -0.15) is 0 Å². The van der Waals surface area contributed by atoms with E-state index in [2.05, 4.69) is 0 Å². The highest BCUT2D eigenvalue weighted by molar-refractivity contribution is 5.85. The Hall–Kier alpha value is -1.26. The minimum Gasteiger partial charge on any atom is -0.492 e. The Labute approximate surface area is 133 Å². The molecular formula is C16H25ClN2O2. The van der Waals surface area contributed by atoms with Crippen molar-refractivity contribution in [2.24, 2.45) is 11.7 Å². The molecule has 118 valence electrons. The largest absolute Gasteiger partial charge is 0.492 e. The number of hydrogen-bond donors (Lipinski definition) is 1. The first-order chi connectivity index (χ1) is 9.66. The second-order valence-corrected chi connectivity index (χ2v) is 5.54. The Morgan fingerprint density at radius 1 is 1.33 bits per heavy atom. The lowest BCUT2D eigenvalue weighted by molar-refractivity contribution is -0.135. The molecular weight excluding hydrogens is 288 g/mol. The Bertz CT molecular complexity index is 428. The number of likely N-dealkylation sites (N-methyl/N-ethyl adjacent to an activating group) is 1. The Kier molecular flexibility index (Phi) is 7.54. The van der Waals surface area contributed by atoms with Crippen LogP contribution in [0.1, 0.15) is 25.7 Å². The third kappa shape index (κ3) is 5.56. The van der Waals surface area contributed by atoms with Crippen molar-refractivity contribution in [1.82, 2.24) is 4.90 Å². The first kappa shape index (κ1) is 17.8. The van der Waals surface area contributed by atoms with Crippen LogP contribution in [0.5, 0.6) is 5.75 Å². The predicted molar refractivity (Wildman–Crippen MR) is 86.8 cm³/mol. The number of nitrogens with two attached hydrogens (primary N) is 1. The smallest absolute Gasteiger partial charge is 0.225 e. The molecule has 1 amide bonds. The Morgan fingerprint density at radius 2 is 2.05 bits per heavy atom. The van der Waals surface area contributed by atoms with Gasteiger partial charge in [0.25, 0.3) is 0 Å². The van der Waals surface area contributed by atoms with Crippen LogP contribution < -0.4 is 10.5 Å². The third-order valence-electron chi connectivity index (χ3n) is 3.88. The molecule has 0 spiro atoms. The number of hydrogen-bond acceptors (Lipinski definition) is 3. The summed E-state index contributed by atoms with van der Waals surface area (Å²) in [5.41, 5.74) is 5.94. The molecule has 0 radical (unpaired) electrons. The minimum absolute atomic E-state index is 0. The zero-order chi connectivity index (χ0) is 14.4. The summed E-state index contributed by atoms with van der Waals surface area (Å²) in [6.45, 7) is 1.13. The summed E-state index contributed by atoms with van der Waals surface area (Å²) >= 11 is 0. The Balaban J connectivity index is 0.00000220. The lowest BCUT2D eigenvalue weighted by Crippen LogP contribution is -2.40. The molecule has 2 atom stereocenters. The average molecular weight is 313 g/mol. The summed E-state index contributed by atoms with van der Waals surface area (Å²) in [5, 5.41) is 0. The number of rotatable bonds is 5. The molecule has 2 rings (SSSR count). The Morgan fingerprint density at radius 3 is 2.71 bits per heavy atom. The molecule has 21 heavy (non-hydrogen) atoms. The van der Waals surface area contributed by atoms with Crippen molar-refractivity contribution in [3.8, 4) is 5.75 Å². The van der Waals surface area contributed by atoms with E-state index in [0.717, 1.165) is 31.4 Å². The first-order valence-electron chi connectivity index (χ1n) is 7.35. The summed E-state index contributed by atoms with van der Waals surface area (Å²) in [6, 6.07) is 9.85. The molecule has 2 unspecified atom stereocenters. The molecule has 1 aromatic carbocycles. The van der Waals surface area contributed by atoms with Gasteiger partial charge >= 0.3 is 0 Å². The van der Waals surface area contributed by atoms with Crippen molar-refractivity contribution in [1.29, 1.82) is 0 Å². The lowest BCUT2D eigenvalue weighted by Gasteiger charge is -2.29. The average Bonchev–Trinajstić information content (AvgIpc) is 2.47. The molecule has 1 aliphatic rings. The zero-order valence-electron chi connectivity index (χ0n) is 12.5. The summed E-state index contributed by atoms with van der Waals surface area (Å²) in [7, 11) is 1.84. The molecule has 1 saturated carbocycles. The fraction of sp³-hybridized carbons (Fsp3) is 0.562. The van der Waals surface area contributed by atoms with E-state index in [-0.39, 0.29) is 30.3 Å². The van der Waals surface area contributed by atoms with Crippen LogP contribution in [0.15, 0.2) is 30.3 Å². The number of benzene rings is 1. The molecule has 0 bridgehead atoms. The minimum atomic E-state index is 0. The maximum Gasteiger partial charge on any atom is 0.225 e. The summed E-state index contributed by atoms with van der Waals surface area (Å²) < 4.78 is 5.62. The first-order valence-corrected chi connectivity index (χ1v) is 7.35. The van der Waals surface area contributed by atoms with Gasteiger partial charge in [-0.3, -0.25) is 4.79 Å². The SMILES string of the molecule is CN(CCOc1ccccc1)C(=O)C1CCCC(N)C1.Cl.